The van der Waals surface area contributed by atoms with Crippen LogP contribution in [0.5, 0.6) is 0 Å². The molecule has 2 aliphatic heterocycles. The van der Waals surface area contributed by atoms with Crippen LogP contribution in [0.15, 0.2) is 96.1 Å². The van der Waals surface area contributed by atoms with Crippen molar-refractivity contribution in [3.05, 3.63) is 113 Å². The quantitative estimate of drug-likeness (QED) is 0.414. The topological polar surface area (TPSA) is 61.6 Å². The summed E-state index contributed by atoms with van der Waals surface area (Å²) in [5.41, 5.74) is 13.7. The lowest BCUT2D eigenvalue weighted by Gasteiger charge is -2.34. The number of hydrogen-bond acceptors (Lipinski definition) is 4. The van der Waals surface area contributed by atoms with Gasteiger partial charge in [-0.15, -0.1) is 0 Å². The van der Waals surface area contributed by atoms with Gasteiger partial charge in [0.05, 0.1) is 0 Å². The van der Waals surface area contributed by atoms with Crippen molar-refractivity contribution < 1.29 is 4.79 Å². The lowest BCUT2D eigenvalue weighted by molar-refractivity contribution is -0.118. The molecule has 2 aromatic carbocycles. The Morgan fingerprint density at radius 3 is 2.21 bits per heavy atom. The third-order valence-corrected chi connectivity index (χ3v) is 6.96. The summed E-state index contributed by atoms with van der Waals surface area (Å²) < 4.78 is 0. The lowest BCUT2D eigenvalue weighted by atomic mass is 9.89. The molecule has 0 saturated carbocycles. The highest BCUT2D eigenvalue weighted by molar-refractivity contribution is 5.94. The number of nitrogens with one attached hydrogen (secondary N) is 1. The highest BCUT2D eigenvalue weighted by Crippen LogP contribution is 2.31. The van der Waals surface area contributed by atoms with Crippen molar-refractivity contribution in [3.8, 4) is 0 Å². The second kappa shape index (κ2) is 13.7. The van der Waals surface area contributed by atoms with Gasteiger partial charge in [-0.1, -0.05) is 74.9 Å². The Labute approximate surface area is 229 Å². The first-order valence-corrected chi connectivity index (χ1v) is 13.7. The molecule has 38 heavy (non-hydrogen) atoms. The van der Waals surface area contributed by atoms with Gasteiger partial charge in [-0.3, -0.25) is 4.79 Å². The summed E-state index contributed by atoms with van der Waals surface area (Å²) in [6, 6.07) is 17.5. The molecule has 2 heterocycles. The average Bonchev–Trinajstić information content (AvgIpc) is 2.91. The normalized spacial score (nSPS) is 16.3. The number of aryl methyl sites for hydroxylation is 1. The lowest BCUT2D eigenvalue weighted by Crippen LogP contribution is -2.34. The van der Waals surface area contributed by atoms with Gasteiger partial charge < -0.3 is 20.9 Å². The predicted octanol–water partition coefficient (Wildman–Crippen LogP) is 6.89. The summed E-state index contributed by atoms with van der Waals surface area (Å²) in [7, 11) is 0. The Balaban J connectivity index is 0.00000127. The Hall–Kier alpha value is -3.73. The van der Waals surface area contributed by atoms with Gasteiger partial charge >= 0.3 is 0 Å². The van der Waals surface area contributed by atoms with Crippen molar-refractivity contribution in [1.29, 1.82) is 0 Å². The molecule has 1 saturated heterocycles. The third-order valence-electron chi connectivity index (χ3n) is 6.96. The standard InChI is InChI=1S/C30H36N4O.C3H8/c1-21-7-11-26(12-8-21)27-15-18-33(19-16-27)28-13-9-25(10-14-28)20-32-30(35)29(23(3)31)34-17-5-6-22(2)24(34)4;1-3-2/h5-14,17,27H,4,15-16,18-20,31H2,1-3H3,(H,32,35);3H2,1-2H3/b29-23+;. The molecule has 1 amide bonds. The van der Waals surface area contributed by atoms with Gasteiger partial charge in [-0.2, -0.15) is 0 Å². The molecule has 5 heteroatoms. The highest BCUT2D eigenvalue weighted by Gasteiger charge is 2.23. The van der Waals surface area contributed by atoms with E-state index in [9.17, 15) is 4.79 Å². The molecule has 4 rings (SSSR count). The van der Waals surface area contributed by atoms with Crippen LogP contribution in [0.25, 0.3) is 0 Å². The number of nitrogens with zero attached hydrogens (tertiary/aromatic N) is 2. The molecular weight excluding hydrogens is 468 g/mol. The van der Waals surface area contributed by atoms with Crippen LogP contribution < -0.4 is 16.0 Å². The molecule has 0 aliphatic carbocycles. The second-order valence-corrected chi connectivity index (χ2v) is 10.3. The number of benzene rings is 2. The summed E-state index contributed by atoms with van der Waals surface area (Å²) in [6.45, 7) is 16.7. The SMILES string of the molecule is C=C1C(C)=CC=CN1/C(C(=O)NCc1ccc(N2CCC(c3ccc(C)cc3)CC2)cc1)=C(\C)N.CCC. The molecule has 0 aromatic heterocycles. The number of nitrogens with two attached hydrogens (primary N) is 1. The first kappa shape index (κ1) is 28.8. The van der Waals surface area contributed by atoms with Gasteiger partial charge in [-0.25, -0.2) is 0 Å². The Bertz CT molecular complexity index is 1180. The third kappa shape index (κ3) is 7.41. The zero-order chi connectivity index (χ0) is 27.7. The monoisotopic (exact) mass is 512 g/mol. The van der Waals surface area contributed by atoms with Gasteiger partial charge in [0.1, 0.15) is 5.70 Å². The zero-order valence-corrected chi connectivity index (χ0v) is 23.8. The Morgan fingerprint density at radius 2 is 1.63 bits per heavy atom. The number of hydrogen-bond donors (Lipinski definition) is 2. The maximum atomic E-state index is 13.0. The number of amides is 1. The van der Waals surface area contributed by atoms with Crippen molar-refractivity contribution in [2.75, 3.05) is 18.0 Å². The second-order valence-electron chi connectivity index (χ2n) is 10.3. The highest BCUT2D eigenvalue weighted by atomic mass is 16.2. The molecule has 2 aliphatic rings. The fourth-order valence-electron chi connectivity index (χ4n) is 4.74. The van der Waals surface area contributed by atoms with Crippen molar-refractivity contribution in [3.63, 3.8) is 0 Å². The van der Waals surface area contributed by atoms with Crippen LogP contribution in [0.1, 0.15) is 69.6 Å². The maximum Gasteiger partial charge on any atom is 0.270 e. The van der Waals surface area contributed by atoms with Crippen molar-refractivity contribution in [2.45, 2.75) is 66.3 Å². The molecule has 5 nitrogen and oxygen atoms in total. The number of allylic oxidation sites excluding steroid dienone is 4. The number of piperidine rings is 1. The molecule has 0 bridgehead atoms. The molecule has 0 atom stereocenters. The van der Waals surface area contributed by atoms with Crippen LogP contribution in [-0.2, 0) is 11.3 Å². The van der Waals surface area contributed by atoms with E-state index in [2.05, 4.69) is 86.1 Å². The fraction of sp³-hybridized carbons (Fsp3) is 0.364. The van der Waals surface area contributed by atoms with E-state index in [0.29, 0.717) is 23.9 Å². The molecular formula is C33H44N4O. The number of carbonyl (C=O) groups excluding carboxylic acids is 1. The summed E-state index contributed by atoms with van der Waals surface area (Å²) in [5, 5.41) is 3.01. The molecule has 1 fully saturated rings. The first-order chi connectivity index (χ1) is 18.2. The molecule has 3 N–H and O–H groups in total. The number of carbonyl (C=O) groups is 1. The van der Waals surface area contributed by atoms with Gasteiger partial charge in [-0.05, 0) is 74.4 Å². The van der Waals surface area contributed by atoms with E-state index < -0.39 is 0 Å². The summed E-state index contributed by atoms with van der Waals surface area (Å²) in [4.78, 5) is 17.2. The van der Waals surface area contributed by atoms with E-state index in [1.807, 2.05) is 25.3 Å². The van der Waals surface area contributed by atoms with E-state index in [-0.39, 0.29) is 5.91 Å². The van der Waals surface area contributed by atoms with E-state index in [0.717, 1.165) is 29.9 Å². The van der Waals surface area contributed by atoms with Crippen LogP contribution in [0.4, 0.5) is 5.69 Å². The van der Waals surface area contributed by atoms with Crippen LogP contribution in [0.2, 0.25) is 0 Å². The fourth-order valence-corrected chi connectivity index (χ4v) is 4.74. The van der Waals surface area contributed by atoms with Crippen molar-refractivity contribution >= 4 is 11.6 Å². The minimum atomic E-state index is -0.215. The minimum absolute atomic E-state index is 0.215. The van der Waals surface area contributed by atoms with Crippen LogP contribution in [0.3, 0.4) is 0 Å². The summed E-state index contributed by atoms with van der Waals surface area (Å²) >= 11 is 0. The molecule has 0 radical (unpaired) electrons. The van der Waals surface area contributed by atoms with Crippen molar-refractivity contribution in [2.24, 2.45) is 5.73 Å². The van der Waals surface area contributed by atoms with Crippen molar-refractivity contribution in [1.82, 2.24) is 10.2 Å². The zero-order valence-electron chi connectivity index (χ0n) is 23.8. The smallest absolute Gasteiger partial charge is 0.270 e. The largest absolute Gasteiger partial charge is 0.400 e. The van der Waals surface area contributed by atoms with Gasteiger partial charge in [0.25, 0.3) is 5.91 Å². The maximum absolute atomic E-state index is 13.0. The number of anilines is 1. The molecule has 0 spiro atoms. The van der Waals surface area contributed by atoms with E-state index in [1.54, 1.807) is 11.8 Å². The van der Waals surface area contributed by atoms with Crippen LogP contribution in [-0.4, -0.2) is 23.9 Å². The summed E-state index contributed by atoms with van der Waals surface area (Å²) in [5.74, 6) is 0.424. The number of rotatable bonds is 6. The van der Waals surface area contributed by atoms with Gasteiger partial charge in [0.2, 0.25) is 0 Å². The van der Waals surface area contributed by atoms with E-state index >= 15 is 0 Å². The van der Waals surface area contributed by atoms with E-state index in [1.165, 1.54) is 36.1 Å². The molecule has 202 valence electrons. The van der Waals surface area contributed by atoms with Gasteiger partial charge in [0, 0.05) is 42.9 Å². The summed E-state index contributed by atoms with van der Waals surface area (Å²) in [6.07, 6.45) is 9.26. The van der Waals surface area contributed by atoms with Crippen LogP contribution >= 0.6 is 0 Å². The predicted molar refractivity (Wildman–Crippen MR) is 160 cm³/mol. The Morgan fingerprint density at radius 1 is 1.03 bits per heavy atom. The van der Waals surface area contributed by atoms with E-state index in [4.69, 9.17) is 5.73 Å². The minimum Gasteiger partial charge on any atom is -0.400 e. The van der Waals surface area contributed by atoms with Gasteiger partial charge in [0.15, 0.2) is 0 Å². The average molecular weight is 513 g/mol. The Kier molecular flexibility index (Phi) is 10.4. The molecule has 0 unspecified atom stereocenters. The molecule has 2 aromatic rings. The first-order valence-electron chi connectivity index (χ1n) is 13.7. The van der Waals surface area contributed by atoms with Crippen LogP contribution in [0, 0.1) is 6.92 Å².